The van der Waals surface area contributed by atoms with Gasteiger partial charge in [-0.25, -0.2) is 9.59 Å². The summed E-state index contributed by atoms with van der Waals surface area (Å²) < 4.78 is 5.38. The number of rotatable bonds is 30. The molecule has 0 saturated carbocycles. The van der Waals surface area contributed by atoms with Gasteiger partial charge in [0, 0.05) is 13.1 Å². The van der Waals surface area contributed by atoms with Crippen LogP contribution in [0.1, 0.15) is 130 Å². The molecular weight excluding hydrogens is 1160 g/mol. The Balaban J connectivity index is 4.08. The number of hydrogen-bond acceptors (Lipinski definition) is 21. The minimum Gasteiger partial charge on any atom is -0.479 e. The highest BCUT2D eigenvalue weighted by Crippen LogP contribution is 2.14. The van der Waals surface area contributed by atoms with Crippen molar-refractivity contribution in [2.24, 2.45) is 22.9 Å². The van der Waals surface area contributed by atoms with Crippen molar-refractivity contribution in [2.75, 3.05) is 45.2 Å². The molecule has 1 saturated heterocycles. The summed E-state index contributed by atoms with van der Waals surface area (Å²) in [5, 5.41) is 75.6. The summed E-state index contributed by atoms with van der Waals surface area (Å²) in [5.41, 5.74) is 22.2. The molecule has 12 atom stereocenters. The van der Waals surface area contributed by atoms with Gasteiger partial charge in [0.25, 0.3) is 5.91 Å². The molecule has 33 heteroatoms. The first-order chi connectivity index (χ1) is 40.8. The van der Waals surface area contributed by atoms with Crippen LogP contribution in [0.25, 0.3) is 0 Å². The molecule has 0 spiro atoms. The second-order valence-corrected chi connectivity index (χ2v) is 20.9. The molecule has 0 aromatic carbocycles. The number of carboxylic acid groups (broad SMARTS) is 1. The van der Waals surface area contributed by atoms with Crippen molar-refractivity contribution in [3.8, 4) is 0 Å². The SMILES string of the molecule is C/C=C1/NC(=O)C([C@H](C)O)NC(=O)[C@H](CCN)NC(=O)C([C@H](O)C(=O)O)NC(=O)C(CCCCN)NC(=O)[C@H](CC(=O)NCCN)NC(=O)C(CCN)NC(=O)C(NC(=O)C[C@H](O)CCCCCCCCCCC)COC(=O)C([C@H](O)CCl)NC1=O. The van der Waals surface area contributed by atoms with Crippen molar-refractivity contribution in [1.82, 2.24) is 53.2 Å². The molecule has 32 nitrogen and oxygen atoms in total. The molecule has 0 aromatic heterocycles. The number of nitrogens with one attached hydrogen (secondary N) is 10. The Kier molecular flexibility index (Phi) is 38.7. The monoisotopic (exact) mass is 1250 g/mol. The number of ether oxygens (including phenoxy) is 1. The third-order valence-electron chi connectivity index (χ3n) is 13.4. The average molecular weight is 1250 g/mol. The van der Waals surface area contributed by atoms with E-state index >= 15 is 0 Å². The highest BCUT2D eigenvalue weighted by atomic mass is 35.5. The normalized spacial score (nSPS) is 24.0. The molecule has 0 aromatic rings. The van der Waals surface area contributed by atoms with Gasteiger partial charge in [-0.3, -0.25) is 47.9 Å². The third kappa shape index (κ3) is 29.2. The lowest BCUT2D eigenvalue weighted by Gasteiger charge is -2.29. The summed E-state index contributed by atoms with van der Waals surface area (Å²) in [6.45, 7) is 2.49. The largest absolute Gasteiger partial charge is 0.479 e. The van der Waals surface area contributed by atoms with Crippen LogP contribution in [-0.4, -0.2) is 215 Å². The maximum Gasteiger partial charge on any atom is 0.335 e. The summed E-state index contributed by atoms with van der Waals surface area (Å²) in [4.78, 5) is 165. The predicted octanol–water partition coefficient (Wildman–Crippen LogP) is -6.17. The van der Waals surface area contributed by atoms with E-state index in [0.717, 1.165) is 64.4 Å². The molecule has 0 bridgehead atoms. The highest BCUT2D eigenvalue weighted by Gasteiger charge is 2.40. The molecule has 86 heavy (non-hydrogen) atoms. The van der Waals surface area contributed by atoms with Gasteiger partial charge in [0.15, 0.2) is 12.1 Å². The van der Waals surface area contributed by atoms with Gasteiger partial charge in [-0.1, -0.05) is 70.8 Å². The Morgan fingerprint density at radius 1 is 0.616 bits per heavy atom. The molecule has 0 aliphatic carbocycles. The number of nitrogens with two attached hydrogens (primary N) is 4. The molecule has 0 radical (unpaired) electrons. The van der Waals surface area contributed by atoms with E-state index < -0.39 is 188 Å². The molecule has 490 valence electrons. The zero-order valence-electron chi connectivity index (χ0n) is 49.2. The van der Waals surface area contributed by atoms with Crippen LogP contribution >= 0.6 is 11.6 Å². The Bertz CT molecular complexity index is 2250. The van der Waals surface area contributed by atoms with E-state index in [1.807, 2.05) is 0 Å². The van der Waals surface area contributed by atoms with Crippen LogP contribution in [0.3, 0.4) is 0 Å². The van der Waals surface area contributed by atoms with Gasteiger partial charge in [-0.15, -0.1) is 11.6 Å². The zero-order valence-corrected chi connectivity index (χ0v) is 50.0. The maximum absolute atomic E-state index is 14.3. The number of alkyl halides is 1. The van der Waals surface area contributed by atoms with Crippen LogP contribution < -0.4 is 76.1 Å². The Morgan fingerprint density at radius 2 is 1.14 bits per heavy atom. The Morgan fingerprint density at radius 3 is 1.67 bits per heavy atom. The number of unbranched alkanes of at least 4 members (excludes halogenated alkanes) is 9. The fraction of sp³-hybridized carbons (Fsp3) is 0.736. The number of carbonyl (C=O) groups excluding carboxylic acids is 11. The van der Waals surface area contributed by atoms with E-state index in [2.05, 4.69) is 60.1 Å². The minimum absolute atomic E-state index is 0.0674. The van der Waals surface area contributed by atoms with E-state index in [0.29, 0.717) is 6.42 Å². The number of esters is 1. The Hall–Kier alpha value is -6.65. The second-order valence-electron chi connectivity index (χ2n) is 20.6. The number of hydrogen-bond donors (Lipinski definition) is 19. The first kappa shape index (κ1) is 77.4. The van der Waals surface area contributed by atoms with Gasteiger partial charge < -0.3 is 106 Å². The number of aliphatic hydroxyl groups excluding tert-OH is 4. The number of carbonyl (C=O) groups is 12. The standard InChI is InChI=1S/C53H93ClN14O18/c1-4-6-7-8-9-10-11-12-13-16-30(70)25-39(73)60-36-28-86-53(85)41(37(71)27-54)67-44(75)31(5-2)61-50(81)40(29(3)69)66-47(78)34(19-22-57)64-51(82)42(43(74)52(83)84)68-46(77)32(17-14-15-20-55)62-48(79)35(26-38(72)59-24-23-58)65-45(76)33(18-21-56)63-49(36)80/h5,29-30,32-37,40-43,69-71,74H,4,6-28,55-58H2,1-3H3,(H,59,72)(H,60,73)(H,61,81)(H,62,79)(H,63,80)(H,64,82)(H,65,76)(H,66,78)(H,67,75)(H,68,77)(H,83,84)/b31-5+/t29-,30+,32?,33?,34-,35-,36?,37+,40?,41?,42?,43-/m0/s1. The van der Waals surface area contributed by atoms with Crippen molar-refractivity contribution in [3.05, 3.63) is 11.8 Å². The van der Waals surface area contributed by atoms with Crippen LogP contribution in [0.5, 0.6) is 0 Å². The number of amides is 10. The average Bonchev–Trinajstić information content (AvgIpc) is 3.67. The summed E-state index contributed by atoms with van der Waals surface area (Å²) in [6, 6.07) is -15.7. The van der Waals surface area contributed by atoms with Crippen LogP contribution in [-0.2, 0) is 62.3 Å². The van der Waals surface area contributed by atoms with E-state index in [9.17, 15) is 83.1 Å². The molecule has 1 heterocycles. The summed E-state index contributed by atoms with van der Waals surface area (Å²) in [7, 11) is 0. The molecule has 1 rings (SSSR count). The quantitative estimate of drug-likeness (QED) is 0.0138. The first-order valence-corrected chi connectivity index (χ1v) is 29.5. The number of carboxylic acids is 1. The van der Waals surface area contributed by atoms with Gasteiger partial charge in [0.2, 0.25) is 53.2 Å². The number of aliphatic hydroxyl groups is 4. The van der Waals surface area contributed by atoms with E-state index in [-0.39, 0.29) is 58.4 Å². The zero-order chi connectivity index (χ0) is 64.9. The number of allylic oxidation sites excluding steroid dienone is 1. The third-order valence-corrected chi connectivity index (χ3v) is 13.8. The van der Waals surface area contributed by atoms with Crippen molar-refractivity contribution < 1.29 is 87.8 Å². The van der Waals surface area contributed by atoms with Crippen molar-refractivity contribution >= 4 is 82.6 Å². The van der Waals surface area contributed by atoms with Crippen LogP contribution in [0.4, 0.5) is 0 Å². The van der Waals surface area contributed by atoms with Gasteiger partial charge >= 0.3 is 11.9 Å². The smallest absolute Gasteiger partial charge is 0.335 e. The fourth-order valence-electron chi connectivity index (χ4n) is 8.52. The first-order valence-electron chi connectivity index (χ1n) is 29.0. The highest BCUT2D eigenvalue weighted by molar-refractivity contribution is 6.18. The molecule has 1 aliphatic heterocycles. The maximum atomic E-state index is 14.3. The second kappa shape index (κ2) is 43.1. The van der Waals surface area contributed by atoms with Crippen molar-refractivity contribution in [1.29, 1.82) is 0 Å². The lowest BCUT2D eigenvalue weighted by molar-refractivity contribution is -0.153. The van der Waals surface area contributed by atoms with Crippen LogP contribution in [0.15, 0.2) is 11.8 Å². The summed E-state index contributed by atoms with van der Waals surface area (Å²) >= 11 is 5.92. The molecular formula is C53H93ClN14O18. The predicted molar refractivity (Wildman–Crippen MR) is 310 cm³/mol. The van der Waals surface area contributed by atoms with Crippen LogP contribution in [0, 0.1) is 0 Å². The number of cyclic esters (lactones) is 1. The van der Waals surface area contributed by atoms with Crippen molar-refractivity contribution in [3.63, 3.8) is 0 Å². The van der Waals surface area contributed by atoms with Crippen molar-refractivity contribution in [2.45, 2.75) is 203 Å². The molecule has 1 aliphatic rings. The van der Waals surface area contributed by atoms with E-state index in [1.54, 1.807) is 0 Å². The summed E-state index contributed by atoms with van der Waals surface area (Å²) in [6.07, 6.45) is 0.0682. The van der Waals surface area contributed by atoms with Gasteiger partial charge in [0.1, 0.15) is 54.6 Å². The topological polar surface area (TPSA) is 540 Å². The minimum atomic E-state index is -2.75. The number of halogens is 1. The summed E-state index contributed by atoms with van der Waals surface area (Å²) in [5.74, 6) is -16.5. The Labute approximate surface area is 504 Å². The molecule has 1 fully saturated rings. The molecule has 6 unspecified atom stereocenters. The van der Waals surface area contributed by atoms with Gasteiger partial charge in [0.05, 0.1) is 37.0 Å². The van der Waals surface area contributed by atoms with Gasteiger partial charge in [-0.2, -0.15) is 0 Å². The van der Waals surface area contributed by atoms with Crippen LogP contribution in [0.2, 0.25) is 0 Å². The molecule has 23 N–H and O–H groups in total. The molecule has 10 amide bonds. The lowest BCUT2D eigenvalue weighted by atomic mass is 10.0. The fourth-order valence-corrected chi connectivity index (χ4v) is 8.70. The van der Waals surface area contributed by atoms with E-state index in [1.165, 1.54) is 6.92 Å². The number of aliphatic carboxylic acids is 1. The van der Waals surface area contributed by atoms with Gasteiger partial charge in [-0.05, 0) is 72.0 Å². The lowest BCUT2D eigenvalue weighted by Crippen LogP contribution is -2.63. The van der Waals surface area contributed by atoms with E-state index in [4.69, 9.17) is 39.3 Å².